The molecule has 25 heavy (non-hydrogen) atoms. The molecule has 1 N–H and O–H groups in total. The largest absolute Gasteiger partial charge is 0.338 e. The van der Waals surface area contributed by atoms with E-state index in [2.05, 4.69) is 26.2 Å². The van der Waals surface area contributed by atoms with E-state index >= 15 is 0 Å². The molecular formula is C18H14BrF2N3O. The summed E-state index contributed by atoms with van der Waals surface area (Å²) in [6.07, 6.45) is 3.37. The van der Waals surface area contributed by atoms with Crippen molar-refractivity contribution in [3.63, 3.8) is 0 Å². The van der Waals surface area contributed by atoms with Crippen LogP contribution in [0.1, 0.15) is 27.8 Å². The van der Waals surface area contributed by atoms with E-state index in [1.807, 2.05) is 0 Å². The first kappa shape index (κ1) is 17.3. The maximum atomic E-state index is 13.2. The zero-order valence-electron chi connectivity index (χ0n) is 13.2. The van der Waals surface area contributed by atoms with Gasteiger partial charge in [0.2, 0.25) is 0 Å². The molecule has 128 valence electrons. The van der Waals surface area contributed by atoms with Crippen molar-refractivity contribution in [2.75, 3.05) is 0 Å². The molecule has 1 atom stereocenters. The van der Waals surface area contributed by atoms with Gasteiger partial charge in [0, 0.05) is 23.9 Å². The Morgan fingerprint density at radius 3 is 2.44 bits per heavy atom. The van der Waals surface area contributed by atoms with Crippen molar-refractivity contribution in [2.24, 2.45) is 7.05 Å². The number of carbonyl (C=O) groups excluding carboxylic acids is 1. The minimum Gasteiger partial charge on any atom is -0.338 e. The van der Waals surface area contributed by atoms with Gasteiger partial charge in [0.15, 0.2) is 0 Å². The first-order chi connectivity index (χ1) is 12.0. The number of imidazole rings is 1. The molecule has 0 saturated heterocycles. The third-order valence-electron chi connectivity index (χ3n) is 3.77. The van der Waals surface area contributed by atoms with E-state index in [-0.39, 0.29) is 5.82 Å². The quantitative estimate of drug-likeness (QED) is 0.713. The monoisotopic (exact) mass is 405 g/mol. The van der Waals surface area contributed by atoms with Gasteiger partial charge in [-0.05, 0) is 51.8 Å². The van der Waals surface area contributed by atoms with E-state index in [1.165, 1.54) is 30.3 Å². The second-order valence-electron chi connectivity index (χ2n) is 5.48. The highest BCUT2D eigenvalue weighted by Gasteiger charge is 2.22. The molecule has 0 aliphatic carbocycles. The topological polar surface area (TPSA) is 46.9 Å². The molecule has 1 amide bonds. The number of aryl methyl sites for hydroxylation is 1. The molecule has 1 heterocycles. The Morgan fingerprint density at radius 2 is 1.84 bits per heavy atom. The zero-order chi connectivity index (χ0) is 18.0. The molecular weight excluding hydrogens is 392 g/mol. The van der Waals surface area contributed by atoms with Crippen LogP contribution >= 0.6 is 15.9 Å². The maximum Gasteiger partial charge on any atom is 0.253 e. The van der Waals surface area contributed by atoms with E-state index < -0.39 is 17.8 Å². The molecule has 0 radical (unpaired) electrons. The van der Waals surface area contributed by atoms with Crippen molar-refractivity contribution in [3.05, 3.63) is 87.9 Å². The van der Waals surface area contributed by atoms with Gasteiger partial charge in [0.1, 0.15) is 23.5 Å². The number of carbonyl (C=O) groups is 1. The fourth-order valence-electron chi connectivity index (χ4n) is 2.49. The number of halogens is 3. The van der Waals surface area contributed by atoms with Crippen molar-refractivity contribution in [1.29, 1.82) is 0 Å². The van der Waals surface area contributed by atoms with Crippen molar-refractivity contribution in [3.8, 4) is 0 Å². The van der Waals surface area contributed by atoms with E-state index in [1.54, 1.807) is 36.1 Å². The Morgan fingerprint density at radius 1 is 1.16 bits per heavy atom. The molecule has 0 spiro atoms. The van der Waals surface area contributed by atoms with Gasteiger partial charge in [-0.2, -0.15) is 0 Å². The summed E-state index contributed by atoms with van der Waals surface area (Å²) in [5, 5.41) is 2.88. The molecule has 2 aromatic carbocycles. The van der Waals surface area contributed by atoms with Crippen LogP contribution in [-0.4, -0.2) is 15.5 Å². The zero-order valence-corrected chi connectivity index (χ0v) is 14.8. The summed E-state index contributed by atoms with van der Waals surface area (Å²) in [4.78, 5) is 16.9. The predicted molar refractivity (Wildman–Crippen MR) is 93.0 cm³/mol. The molecule has 3 rings (SSSR count). The average molecular weight is 406 g/mol. The Bertz CT molecular complexity index is 909. The highest BCUT2D eigenvalue weighted by molar-refractivity contribution is 9.10. The summed E-state index contributed by atoms with van der Waals surface area (Å²) in [6.45, 7) is 0. The normalized spacial score (nSPS) is 12.0. The summed E-state index contributed by atoms with van der Waals surface area (Å²) in [5.74, 6) is -0.611. The summed E-state index contributed by atoms with van der Waals surface area (Å²) >= 11 is 3.20. The second kappa shape index (κ2) is 7.14. The second-order valence-corrected chi connectivity index (χ2v) is 6.33. The van der Waals surface area contributed by atoms with Crippen molar-refractivity contribution in [1.82, 2.24) is 14.9 Å². The Hall–Kier alpha value is -2.54. The molecule has 7 heteroatoms. The molecule has 0 fully saturated rings. The fraction of sp³-hybridized carbons (Fsp3) is 0.111. The Balaban J connectivity index is 1.96. The molecule has 3 aromatic rings. The predicted octanol–water partition coefficient (Wildman–Crippen LogP) is 3.98. The minimum atomic E-state index is -0.579. The van der Waals surface area contributed by atoms with Gasteiger partial charge < -0.3 is 9.88 Å². The number of aromatic nitrogens is 2. The number of amides is 1. The number of hydrogen-bond acceptors (Lipinski definition) is 2. The van der Waals surface area contributed by atoms with Crippen LogP contribution in [-0.2, 0) is 7.05 Å². The Kier molecular flexibility index (Phi) is 4.94. The van der Waals surface area contributed by atoms with Crippen LogP contribution in [0.25, 0.3) is 0 Å². The van der Waals surface area contributed by atoms with Crippen LogP contribution in [0.15, 0.2) is 59.3 Å². The van der Waals surface area contributed by atoms with Crippen LogP contribution in [0.3, 0.4) is 0 Å². The van der Waals surface area contributed by atoms with Gasteiger partial charge >= 0.3 is 0 Å². The lowest BCUT2D eigenvalue weighted by Crippen LogP contribution is -2.31. The lowest BCUT2D eigenvalue weighted by molar-refractivity contribution is 0.0940. The lowest BCUT2D eigenvalue weighted by Gasteiger charge is -2.19. The molecule has 1 unspecified atom stereocenters. The number of nitrogens with one attached hydrogen (secondary N) is 1. The van der Waals surface area contributed by atoms with Crippen molar-refractivity contribution in [2.45, 2.75) is 6.04 Å². The number of nitrogens with zero attached hydrogens (tertiary/aromatic N) is 2. The van der Waals surface area contributed by atoms with Gasteiger partial charge in [0.05, 0.1) is 5.56 Å². The van der Waals surface area contributed by atoms with Crippen LogP contribution in [0.5, 0.6) is 0 Å². The number of benzene rings is 2. The van der Waals surface area contributed by atoms with E-state index in [4.69, 9.17) is 0 Å². The third kappa shape index (κ3) is 3.76. The van der Waals surface area contributed by atoms with Crippen molar-refractivity contribution < 1.29 is 13.6 Å². The molecule has 0 bridgehead atoms. The van der Waals surface area contributed by atoms with Gasteiger partial charge in [-0.15, -0.1) is 0 Å². The highest BCUT2D eigenvalue weighted by Crippen LogP contribution is 2.23. The summed E-state index contributed by atoms with van der Waals surface area (Å²) < 4.78 is 28.6. The summed E-state index contributed by atoms with van der Waals surface area (Å²) in [6, 6.07) is 9.09. The standard InChI is InChI=1S/C18H14BrF2N3O/c1-24-9-8-22-17(24)16(11-2-4-12(20)5-3-11)23-18(25)14-7-6-13(21)10-15(14)19/h2-10,16H,1H3,(H,23,25). The van der Waals surface area contributed by atoms with Crippen LogP contribution in [0.4, 0.5) is 8.78 Å². The van der Waals surface area contributed by atoms with Gasteiger partial charge in [-0.25, -0.2) is 13.8 Å². The molecule has 0 aliphatic heterocycles. The fourth-order valence-corrected chi connectivity index (χ4v) is 3.02. The third-order valence-corrected chi connectivity index (χ3v) is 4.43. The SMILES string of the molecule is Cn1ccnc1C(NC(=O)c1ccc(F)cc1Br)c1ccc(F)cc1. The lowest BCUT2D eigenvalue weighted by atomic mass is 10.1. The summed E-state index contributed by atoms with van der Waals surface area (Å²) in [5.41, 5.74) is 0.977. The van der Waals surface area contributed by atoms with Crippen LogP contribution in [0.2, 0.25) is 0 Å². The Labute approximate surface area is 151 Å². The molecule has 4 nitrogen and oxygen atoms in total. The van der Waals surface area contributed by atoms with Gasteiger partial charge in [0.25, 0.3) is 5.91 Å². The van der Waals surface area contributed by atoms with Gasteiger partial charge in [-0.3, -0.25) is 4.79 Å². The van der Waals surface area contributed by atoms with Crippen molar-refractivity contribution >= 4 is 21.8 Å². The van der Waals surface area contributed by atoms with E-state index in [9.17, 15) is 13.6 Å². The van der Waals surface area contributed by atoms with Gasteiger partial charge in [-0.1, -0.05) is 12.1 Å². The minimum absolute atomic E-state index is 0.294. The molecule has 0 aliphatic rings. The van der Waals surface area contributed by atoms with E-state index in [0.717, 1.165) is 0 Å². The maximum absolute atomic E-state index is 13.2. The van der Waals surface area contributed by atoms with Crippen LogP contribution in [0, 0.1) is 11.6 Å². The van der Waals surface area contributed by atoms with E-state index in [0.29, 0.717) is 21.4 Å². The van der Waals surface area contributed by atoms with Crippen LogP contribution < -0.4 is 5.32 Å². The molecule has 0 saturated carbocycles. The number of rotatable bonds is 4. The summed E-state index contributed by atoms with van der Waals surface area (Å²) in [7, 11) is 1.80. The highest BCUT2D eigenvalue weighted by atomic mass is 79.9. The number of hydrogen-bond donors (Lipinski definition) is 1. The molecule has 1 aromatic heterocycles. The first-order valence-corrected chi connectivity index (χ1v) is 8.23. The smallest absolute Gasteiger partial charge is 0.253 e. The first-order valence-electron chi connectivity index (χ1n) is 7.44. The average Bonchev–Trinajstić information content (AvgIpc) is 2.99.